The Kier molecular flexibility index (Phi) is 3.93. The summed E-state index contributed by atoms with van der Waals surface area (Å²) in [6.45, 7) is 0. The predicted molar refractivity (Wildman–Crippen MR) is 78.0 cm³/mol. The van der Waals surface area contributed by atoms with Crippen LogP contribution >= 0.6 is 0 Å². The minimum atomic E-state index is -1.03. The molecule has 96 valence electrons. The minimum absolute atomic E-state index is 0.0299. The first-order chi connectivity index (χ1) is 9.69. The third kappa shape index (κ3) is 2.91. The first kappa shape index (κ1) is 13.5. The monoisotopic (exact) mass is 260 g/mol. The van der Waals surface area contributed by atoms with Crippen molar-refractivity contribution in [2.45, 2.75) is 12.0 Å². The van der Waals surface area contributed by atoms with Crippen molar-refractivity contribution in [2.75, 3.05) is 0 Å². The average molecular weight is 260 g/mol. The second kappa shape index (κ2) is 5.82. The predicted octanol–water partition coefficient (Wildman–Crippen LogP) is 2.26. The van der Waals surface area contributed by atoms with Crippen molar-refractivity contribution in [1.29, 1.82) is 5.26 Å². The summed E-state index contributed by atoms with van der Waals surface area (Å²) in [5.41, 5.74) is 0.111. The van der Waals surface area contributed by atoms with Gasteiger partial charge in [-0.2, -0.15) is 5.26 Å². The van der Waals surface area contributed by atoms with Crippen molar-refractivity contribution >= 4 is 12.0 Å². The molecule has 0 heterocycles. The number of terminal acetylenes is 1. The molecule has 1 unspecified atom stereocenters. The first-order valence-electron chi connectivity index (χ1n) is 6.11. The number of rotatable bonds is 3. The van der Waals surface area contributed by atoms with Gasteiger partial charge in [-0.3, -0.25) is 9.79 Å². The maximum atomic E-state index is 11.4. The number of nitrogens with zero attached hydrogens (tertiary/aromatic N) is 2. The number of hydrogen-bond donors (Lipinski definition) is 0. The van der Waals surface area contributed by atoms with E-state index in [-0.39, 0.29) is 11.4 Å². The fraction of sp³-hybridized carbons (Fsp3) is 0.118. The fourth-order valence-corrected chi connectivity index (χ4v) is 1.84. The highest BCUT2D eigenvalue weighted by atomic mass is 16.1. The zero-order chi connectivity index (χ0) is 14.4. The van der Waals surface area contributed by atoms with Crippen molar-refractivity contribution < 1.29 is 4.79 Å². The molecule has 1 aromatic rings. The maximum absolute atomic E-state index is 11.4. The normalized spacial score (nSPS) is 21.3. The molecule has 1 aromatic carbocycles. The molecule has 0 aromatic heterocycles. The van der Waals surface area contributed by atoms with Gasteiger partial charge in [0.2, 0.25) is 0 Å². The highest BCUT2D eigenvalue weighted by Crippen LogP contribution is 2.21. The van der Waals surface area contributed by atoms with E-state index in [1.54, 1.807) is 6.21 Å². The Bertz CT molecular complexity index is 684. The Morgan fingerprint density at radius 3 is 2.75 bits per heavy atom. The highest BCUT2D eigenvalue weighted by molar-refractivity contribution is 6.08. The van der Waals surface area contributed by atoms with Gasteiger partial charge in [-0.25, -0.2) is 0 Å². The minimum Gasteiger partial charge on any atom is -0.289 e. The number of carbonyl (C=O) groups excluding carboxylic acids is 1. The summed E-state index contributed by atoms with van der Waals surface area (Å²) in [4.78, 5) is 15.8. The van der Waals surface area contributed by atoms with E-state index in [9.17, 15) is 4.79 Å². The van der Waals surface area contributed by atoms with Gasteiger partial charge in [0.1, 0.15) is 6.07 Å². The molecule has 0 bridgehead atoms. The number of nitriles is 1. The summed E-state index contributed by atoms with van der Waals surface area (Å²) in [6, 6.07) is 11.7. The van der Waals surface area contributed by atoms with Gasteiger partial charge in [-0.05, 0) is 23.8 Å². The molecule has 3 nitrogen and oxygen atoms in total. The fourth-order valence-electron chi connectivity index (χ4n) is 1.84. The molecule has 20 heavy (non-hydrogen) atoms. The Balaban J connectivity index is 2.20. The van der Waals surface area contributed by atoms with Gasteiger partial charge in [0.15, 0.2) is 11.3 Å². The van der Waals surface area contributed by atoms with Gasteiger partial charge in [0, 0.05) is 12.6 Å². The van der Waals surface area contributed by atoms with E-state index in [1.807, 2.05) is 36.4 Å². The average Bonchev–Trinajstić information content (AvgIpc) is 2.50. The van der Waals surface area contributed by atoms with Gasteiger partial charge in [0.25, 0.3) is 0 Å². The number of aliphatic imine (C=N–C) groups is 1. The molecular formula is C17H12N2O. The summed E-state index contributed by atoms with van der Waals surface area (Å²) in [7, 11) is 0. The molecular weight excluding hydrogens is 248 g/mol. The van der Waals surface area contributed by atoms with E-state index < -0.39 is 5.54 Å². The number of benzene rings is 1. The lowest BCUT2D eigenvalue weighted by Crippen LogP contribution is -2.24. The topological polar surface area (TPSA) is 53.2 Å². The van der Waals surface area contributed by atoms with E-state index in [4.69, 9.17) is 11.7 Å². The molecule has 2 rings (SSSR count). The quantitative estimate of drug-likeness (QED) is 0.618. The largest absolute Gasteiger partial charge is 0.289 e. The highest BCUT2D eigenvalue weighted by Gasteiger charge is 2.26. The molecule has 0 spiro atoms. The molecule has 0 fully saturated rings. The summed E-state index contributed by atoms with van der Waals surface area (Å²) >= 11 is 0. The zero-order valence-corrected chi connectivity index (χ0v) is 10.8. The van der Waals surface area contributed by atoms with Crippen LogP contribution in [0.15, 0.2) is 59.1 Å². The van der Waals surface area contributed by atoms with Crippen LogP contribution in [0.4, 0.5) is 0 Å². The molecule has 0 saturated carbocycles. The third-order valence-corrected chi connectivity index (χ3v) is 2.95. The summed E-state index contributed by atoms with van der Waals surface area (Å²) in [6.07, 6.45) is 12.1. The van der Waals surface area contributed by atoms with Crippen molar-refractivity contribution in [3.8, 4) is 18.4 Å². The molecule has 1 aliphatic carbocycles. The van der Waals surface area contributed by atoms with Gasteiger partial charge < -0.3 is 0 Å². The van der Waals surface area contributed by atoms with E-state index in [0.29, 0.717) is 6.42 Å². The molecule has 0 saturated heterocycles. The van der Waals surface area contributed by atoms with Crippen LogP contribution in [0.2, 0.25) is 0 Å². The Morgan fingerprint density at radius 2 is 2.10 bits per heavy atom. The second-order valence-electron chi connectivity index (χ2n) is 4.34. The van der Waals surface area contributed by atoms with Crippen LogP contribution in [0.25, 0.3) is 0 Å². The van der Waals surface area contributed by atoms with E-state index in [1.165, 1.54) is 18.2 Å². The maximum Gasteiger partial charge on any atom is 0.195 e. The molecule has 0 N–H and O–H groups in total. The van der Waals surface area contributed by atoms with Crippen LogP contribution in [0, 0.1) is 23.7 Å². The number of hydrogen-bond acceptors (Lipinski definition) is 3. The summed E-state index contributed by atoms with van der Waals surface area (Å²) in [5, 5.41) is 8.90. The van der Waals surface area contributed by atoms with Crippen molar-refractivity contribution in [3.05, 3.63) is 59.7 Å². The number of allylic oxidation sites excluding steroid dienone is 2. The van der Waals surface area contributed by atoms with Crippen LogP contribution in [0.3, 0.4) is 0 Å². The first-order valence-corrected chi connectivity index (χ1v) is 6.11. The molecule has 0 radical (unpaired) electrons. The van der Waals surface area contributed by atoms with Crippen LogP contribution < -0.4 is 0 Å². The van der Waals surface area contributed by atoms with E-state index in [0.717, 1.165) is 5.56 Å². The van der Waals surface area contributed by atoms with Crippen LogP contribution in [-0.4, -0.2) is 17.5 Å². The zero-order valence-electron chi connectivity index (χ0n) is 10.8. The second-order valence-corrected chi connectivity index (χ2v) is 4.34. The lowest BCUT2D eigenvalue weighted by atomic mass is 9.91. The lowest BCUT2D eigenvalue weighted by Gasteiger charge is -2.18. The van der Waals surface area contributed by atoms with Crippen molar-refractivity contribution in [3.63, 3.8) is 0 Å². The summed E-state index contributed by atoms with van der Waals surface area (Å²) in [5.74, 6) is 2.19. The number of carbonyl (C=O) groups is 1. The van der Waals surface area contributed by atoms with Crippen molar-refractivity contribution in [2.24, 2.45) is 4.99 Å². The third-order valence-electron chi connectivity index (χ3n) is 2.95. The molecule has 3 heteroatoms. The number of ketones is 1. The van der Waals surface area contributed by atoms with Gasteiger partial charge in [0.05, 0.1) is 5.57 Å². The Hall–Kier alpha value is -2.91. The van der Waals surface area contributed by atoms with Crippen molar-refractivity contribution in [1.82, 2.24) is 0 Å². The van der Waals surface area contributed by atoms with Crippen LogP contribution in [0.5, 0.6) is 0 Å². The van der Waals surface area contributed by atoms with Crippen LogP contribution in [-0.2, 0) is 11.2 Å². The van der Waals surface area contributed by atoms with E-state index >= 15 is 0 Å². The van der Waals surface area contributed by atoms with Crippen LogP contribution in [0.1, 0.15) is 5.56 Å². The Labute approximate surface area is 118 Å². The van der Waals surface area contributed by atoms with E-state index in [2.05, 4.69) is 10.9 Å². The molecule has 1 atom stereocenters. The summed E-state index contributed by atoms with van der Waals surface area (Å²) < 4.78 is 0. The molecule has 0 aliphatic heterocycles. The van der Waals surface area contributed by atoms with Gasteiger partial charge >= 0.3 is 0 Å². The smallest absolute Gasteiger partial charge is 0.195 e. The molecule has 1 aliphatic rings. The SMILES string of the molecule is C#CC1(N=CCc2ccccc2)C=CC(=O)C(C#N)=C1. The lowest BCUT2D eigenvalue weighted by molar-refractivity contribution is -0.111. The standard InChI is InChI=1S/C17H12N2O/c1-2-17(10-8-16(20)15(12-17)13-18)19-11-9-14-6-4-3-5-7-14/h1,3-8,10-12H,9H2. The van der Waals surface area contributed by atoms with Gasteiger partial charge in [-0.15, -0.1) is 6.42 Å². The van der Waals surface area contributed by atoms with Gasteiger partial charge in [-0.1, -0.05) is 36.3 Å². The Morgan fingerprint density at radius 1 is 1.35 bits per heavy atom. The molecule has 0 amide bonds.